The molecule has 7 nitrogen and oxygen atoms in total. The van der Waals surface area contributed by atoms with E-state index in [9.17, 15) is 21.2 Å². The van der Waals surface area contributed by atoms with Crippen LogP contribution in [-0.2, 0) is 20.0 Å². The number of anilines is 1. The standard InChI is InChI=1S/C13H20FN3O4S2/c1-2-22(18,19)16-13-6-5-11(8-12(13)14)23(20,21)17-7-3-4-10(17)9-15/h5-6,8,10,16H,2-4,7,9,15H2,1H3. The molecule has 1 aromatic carbocycles. The van der Waals surface area contributed by atoms with E-state index in [0.29, 0.717) is 19.4 Å². The Balaban J connectivity index is 2.33. The van der Waals surface area contributed by atoms with Gasteiger partial charge < -0.3 is 5.73 Å². The molecular weight excluding hydrogens is 345 g/mol. The number of benzene rings is 1. The molecule has 1 heterocycles. The number of sulfonamides is 2. The third-order valence-electron chi connectivity index (χ3n) is 3.79. The summed E-state index contributed by atoms with van der Waals surface area (Å²) >= 11 is 0. The molecule has 130 valence electrons. The molecule has 1 unspecified atom stereocenters. The Bertz CT molecular complexity index is 780. The number of halogens is 1. The van der Waals surface area contributed by atoms with Crippen LogP contribution in [-0.4, -0.2) is 46.0 Å². The normalized spacial score (nSPS) is 19.9. The molecule has 1 aromatic rings. The molecule has 1 aliphatic heterocycles. The lowest BCUT2D eigenvalue weighted by Crippen LogP contribution is -2.39. The van der Waals surface area contributed by atoms with Crippen molar-refractivity contribution in [3.05, 3.63) is 24.0 Å². The molecule has 1 atom stereocenters. The van der Waals surface area contributed by atoms with Gasteiger partial charge in [-0.3, -0.25) is 4.72 Å². The van der Waals surface area contributed by atoms with Crippen molar-refractivity contribution in [2.75, 3.05) is 23.6 Å². The molecule has 0 spiro atoms. The molecular formula is C13H20FN3O4S2. The van der Waals surface area contributed by atoms with Gasteiger partial charge in [-0.05, 0) is 38.0 Å². The first-order valence-electron chi connectivity index (χ1n) is 7.23. The molecule has 0 radical (unpaired) electrons. The number of nitrogens with one attached hydrogen (secondary N) is 1. The summed E-state index contributed by atoms with van der Waals surface area (Å²) in [6.07, 6.45) is 1.38. The van der Waals surface area contributed by atoms with Crippen molar-refractivity contribution in [1.82, 2.24) is 4.31 Å². The maximum Gasteiger partial charge on any atom is 0.243 e. The van der Waals surface area contributed by atoms with Crippen molar-refractivity contribution in [3.8, 4) is 0 Å². The zero-order valence-electron chi connectivity index (χ0n) is 12.7. The molecule has 0 bridgehead atoms. The van der Waals surface area contributed by atoms with E-state index in [1.54, 1.807) is 0 Å². The van der Waals surface area contributed by atoms with E-state index in [1.807, 2.05) is 0 Å². The maximum atomic E-state index is 14.1. The molecule has 0 saturated carbocycles. The van der Waals surface area contributed by atoms with Crippen LogP contribution in [0.5, 0.6) is 0 Å². The number of rotatable bonds is 6. The molecule has 1 saturated heterocycles. The van der Waals surface area contributed by atoms with Crippen LogP contribution < -0.4 is 10.5 Å². The van der Waals surface area contributed by atoms with Gasteiger partial charge in [-0.2, -0.15) is 4.31 Å². The minimum atomic E-state index is -3.85. The fourth-order valence-corrected chi connectivity index (χ4v) is 4.84. The zero-order chi connectivity index (χ0) is 17.3. The molecule has 3 N–H and O–H groups in total. The predicted molar refractivity (Wildman–Crippen MR) is 85.5 cm³/mol. The van der Waals surface area contributed by atoms with Crippen LogP contribution >= 0.6 is 0 Å². The van der Waals surface area contributed by atoms with Crippen molar-refractivity contribution in [2.45, 2.75) is 30.7 Å². The van der Waals surface area contributed by atoms with Crippen molar-refractivity contribution in [3.63, 3.8) is 0 Å². The molecule has 1 aliphatic rings. The van der Waals surface area contributed by atoms with Crippen molar-refractivity contribution in [1.29, 1.82) is 0 Å². The Morgan fingerprint density at radius 1 is 1.35 bits per heavy atom. The maximum absolute atomic E-state index is 14.1. The van der Waals surface area contributed by atoms with Crippen LogP contribution in [0, 0.1) is 5.82 Å². The van der Waals surface area contributed by atoms with Gasteiger partial charge in [0.25, 0.3) is 0 Å². The highest BCUT2D eigenvalue weighted by molar-refractivity contribution is 7.92. The van der Waals surface area contributed by atoms with Gasteiger partial charge in [0.05, 0.1) is 16.3 Å². The van der Waals surface area contributed by atoms with Gasteiger partial charge in [-0.25, -0.2) is 21.2 Å². The topological polar surface area (TPSA) is 110 Å². The van der Waals surface area contributed by atoms with E-state index < -0.39 is 25.9 Å². The molecule has 0 aliphatic carbocycles. The molecule has 2 rings (SSSR count). The first kappa shape index (κ1) is 18.1. The van der Waals surface area contributed by atoms with Gasteiger partial charge in [0.15, 0.2) is 0 Å². The minimum absolute atomic E-state index is 0.204. The third-order valence-corrected chi connectivity index (χ3v) is 7.03. The first-order valence-corrected chi connectivity index (χ1v) is 10.3. The highest BCUT2D eigenvalue weighted by Gasteiger charge is 2.34. The van der Waals surface area contributed by atoms with Gasteiger partial charge in [0, 0.05) is 19.1 Å². The summed E-state index contributed by atoms with van der Waals surface area (Å²) in [5.41, 5.74) is 5.31. The highest BCUT2D eigenvalue weighted by Crippen LogP contribution is 2.27. The van der Waals surface area contributed by atoms with E-state index in [4.69, 9.17) is 5.73 Å². The second-order valence-corrected chi connectivity index (χ2v) is 9.20. The SMILES string of the molecule is CCS(=O)(=O)Nc1ccc(S(=O)(=O)N2CCCC2CN)cc1F. The molecule has 23 heavy (non-hydrogen) atoms. The van der Waals surface area contributed by atoms with Gasteiger partial charge in [-0.1, -0.05) is 0 Å². The summed E-state index contributed by atoms with van der Waals surface area (Å²) in [5.74, 6) is -1.15. The number of hydrogen-bond donors (Lipinski definition) is 2. The fourth-order valence-electron chi connectivity index (χ4n) is 2.48. The highest BCUT2D eigenvalue weighted by atomic mass is 32.2. The second-order valence-electron chi connectivity index (χ2n) is 5.29. The lowest BCUT2D eigenvalue weighted by molar-refractivity contribution is 0.393. The van der Waals surface area contributed by atoms with Gasteiger partial charge in [-0.15, -0.1) is 0 Å². The van der Waals surface area contributed by atoms with E-state index in [1.165, 1.54) is 17.3 Å². The molecule has 0 aromatic heterocycles. The van der Waals surface area contributed by atoms with E-state index in [2.05, 4.69) is 4.72 Å². The van der Waals surface area contributed by atoms with E-state index >= 15 is 0 Å². The Hall–Kier alpha value is -1.23. The van der Waals surface area contributed by atoms with Crippen molar-refractivity contribution in [2.24, 2.45) is 5.73 Å². The van der Waals surface area contributed by atoms with Gasteiger partial charge in [0.1, 0.15) is 5.82 Å². The van der Waals surface area contributed by atoms with Crippen LogP contribution in [0.3, 0.4) is 0 Å². The monoisotopic (exact) mass is 365 g/mol. The molecule has 1 fully saturated rings. The van der Waals surface area contributed by atoms with Crippen molar-refractivity contribution < 1.29 is 21.2 Å². The summed E-state index contributed by atoms with van der Waals surface area (Å²) in [6, 6.07) is 2.84. The number of nitrogens with two attached hydrogens (primary N) is 1. The Labute approximate surface area is 135 Å². The van der Waals surface area contributed by atoms with E-state index in [-0.39, 0.29) is 28.9 Å². The molecule has 0 amide bonds. The lowest BCUT2D eigenvalue weighted by Gasteiger charge is -2.23. The van der Waals surface area contributed by atoms with Crippen LogP contribution in [0.2, 0.25) is 0 Å². The predicted octanol–water partition coefficient (Wildman–Crippen LogP) is 0.699. The average molecular weight is 365 g/mol. The van der Waals surface area contributed by atoms with Gasteiger partial charge >= 0.3 is 0 Å². The fraction of sp³-hybridized carbons (Fsp3) is 0.538. The number of nitrogens with zero attached hydrogens (tertiary/aromatic N) is 1. The summed E-state index contributed by atoms with van der Waals surface area (Å²) < 4.78 is 65.5. The average Bonchev–Trinajstić information content (AvgIpc) is 2.98. The zero-order valence-corrected chi connectivity index (χ0v) is 14.3. The Morgan fingerprint density at radius 3 is 2.61 bits per heavy atom. The quantitative estimate of drug-likeness (QED) is 0.771. The summed E-state index contributed by atoms with van der Waals surface area (Å²) in [5, 5.41) is 0. The van der Waals surface area contributed by atoms with Crippen LogP contribution in [0.15, 0.2) is 23.1 Å². The van der Waals surface area contributed by atoms with Crippen LogP contribution in [0.1, 0.15) is 19.8 Å². The lowest BCUT2D eigenvalue weighted by atomic mass is 10.2. The first-order chi connectivity index (χ1) is 10.7. The van der Waals surface area contributed by atoms with Gasteiger partial charge in [0.2, 0.25) is 20.0 Å². The Kier molecular flexibility index (Phi) is 5.29. The third kappa shape index (κ3) is 3.82. The smallest absolute Gasteiger partial charge is 0.243 e. The van der Waals surface area contributed by atoms with Crippen molar-refractivity contribution >= 4 is 25.7 Å². The summed E-state index contributed by atoms with van der Waals surface area (Å²) in [7, 11) is -7.49. The largest absolute Gasteiger partial charge is 0.329 e. The summed E-state index contributed by atoms with van der Waals surface area (Å²) in [6.45, 7) is 1.96. The Morgan fingerprint density at radius 2 is 2.04 bits per heavy atom. The second kappa shape index (κ2) is 6.71. The van der Waals surface area contributed by atoms with Crippen LogP contribution in [0.4, 0.5) is 10.1 Å². The minimum Gasteiger partial charge on any atom is -0.329 e. The summed E-state index contributed by atoms with van der Waals surface area (Å²) in [4.78, 5) is -0.213. The van der Waals surface area contributed by atoms with E-state index in [0.717, 1.165) is 12.1 Å². The number of hydrogen-bond acceptors (Lipinski definition) is 5. The molecule has 10 heteroatoms. The van der Waals surface area contributed by atoms with Crippen LogP contribution in [0.25, 0.3) is 0 Å².